The van der Waals surface area contributed by atoms with Crippen molar-refractivity contribution in [2.45, 2.75) is 55.5 Å². The van der Waals surface area contributed by atoms with Crippen molar-refractivity contribution in [1.82, 2.24) is 4.31 Å². The van der Waals surface area contributed by atoms with Crippen molar-refractivity contribution in [1.29, 1.82) is 5.26 Å². The Bertz CT molecular complexity index is 1170. The number of sulfonamides is 1. The summed E-state index contributed by atoms with van der Waals surface area (Å²) in [4.78, 5) is 27.3. The molecule has 1 aliphatic heterocycles. The lowest BCUT2D eigenvalue weighted by Crippen LogP contribution is -2.51. The van der Waals surface area contributed by atoms with E-state index in [1.165, 1.54) is 52.8 Å². The second-order valence-electron chi connectivity index (χ2n) is 8.03. The van der Waals surface area contributed by atoms with Gasteiger partial charge < -0.3 is 0 Å². The predicted octanol–water partition coefficient (Wildman–Crippen LogP) is 3.87. The van der Waals surface area contributed by atoms with Crippen molar-refractivity contribution < 1.29 is 18.0 Å². The summed E-state index contributed by atoms with van der Waals surface area (Å²) >= 11 is 5.93. The minimum atomic E-state index is -4.04. The molecule has 0 bridgehead atoms. The number of imide groups is 1. The Morgan fingerprint density at radius 3 is 2.19 bits per heavy atom. The molecule has 0 radical (unpaired) electrons. The first-order valence-corrected chi connectivity index (χ1v) is 12.3. The molecule has 166 valence electrons. The fourth-order valence-corrected chi connectivity index (χ4v) is 6.41. The lowest BCUT2D eigenvalue weighted by Gasteiger charge is -2.36. The normalized spacial score (nSPS) is 20.0. The van der Waals surface area contributed by atoms with Crippen LogP contribution in [0.2, 0.25) is 5.02 Å². The molecule has 9 heteroatoms. The zero-order valence-electron chi connectivity index (χ0n) is 17.3. The van der Waals surface area contributed by atoms with Gasteiger partial charge in [-0.05, 0) is 61.4 Å². The summed E-state index contributed by atoms with van der Waals surface area (Å²) in [6.45, 7) is 0. The van der Waals surface area contributed by atoms with Gasteiger partial charge in [-0.2, -0.15) is 9.57 Å². The maximum Gasteiger partial charge on any atom is 0.252 e. The zero-order valence-corrected chi connectivity index (χ0v) is 18.8. The smallest absolute Gasteiger partial charge is 0.252 e. The largest absolute Gasteiger partial charge is 0.274 e. The van der Waals surface area contributed by atoms with Crippen molar-refractivity contribution in [3.63, 3.8) is 0 Å². The quantitative estimate of drug-likeness (QED) is 0.616. The summed E-state index contributed by atoms with van der Waals surface area (Å²) in [6.07, 6.45) is 3.81. The third-order valence-corrected chi connectivity index (χ3v) is 8.24. The van der Waals surface area contributed by atoms with E-state index in [0.29, 0.717) is 29.1 Å². The highest BCUT2D eigenvalue weighted by atomic mass is 35.5. The predicted molar refractivity (Wildman–Crippen MR) is 119 cm³/mol. The van der Waals surface area contributed by atoms with Crippen LogP contribution in [-0.4, -0.2) is 36.6 Å². The molecule has 1 atom stereocenters. The molecule has 2 fully saturated rings. The number of nitrogens with zero attached hydrogens (tertiary/aromatic N) is 3. The fourth-order valence-electron chi connectivity index (χ4n) is 4.45. The van der Waals surface area contributed by atoms with Gasteiger partial charge in [0.1, 0.15) is 6.04 Å². The van der Waals surface area contributed by atoms with Crippen LogP contribution in [0.3, 0.4) is 0 Å². The summed E-state index contributed by atoms with van der Waals surface area (Å²) in [5, 5.41) is 9.40. The highest BCUT2D eigenvalue weighted by molar-refractivity contribution is 7.89. The lowest BCUT2D eigenvalue weighted by atomic mass is 9.94. The summed E-state index contributed by atoms with van der Waals surface area (Å²) in [5.41, 5.74) is 0.729. The van der Waals surface area contributed by atoms with Crippen LogP contribution < -0.4 is 4.90 Å². The SMILES string of the molecule is N#Cc1ccc(N2C(=O)CC(N(C3CCCCC3)S(=O)(=O)c3ccc(Cl)cc3)C2=O)cc1. The molecule has 1 saturated heterocycles. The summed E-state index contributed by atoms with van der Waals surface area (Å²) in [5.74, 6) is -1.03. The fraction of sp³-hybridized carbons (Fsp3) is 0.348. The van der Waals surface area contributed by atoms with E-state index in [2.05, 4.69) is 0 Å². The van der Waals surface area contributed by atoms with E-state index in [1.54, 1.807) is 0 Å². The maximum atomic E-state index is 13.7. The van der Waals surface area contributed by atoms with Gasteiger partial charge in [-0.3, -0.25) is 9.59 Å². The van der Waals surface area contributed by atoms with Gasteiger partial charge in [-0.15, -0.1) is 0 Å². The Labute approximate surface area is 192 Å². The Hall–Kier alpha value is -2.73. The highest BCUT2D eigenvalue weighted by Gasteiger charge is 2.49. The Morgan fingerprint density at radius 1 is 0.969 bits per heavy atom. The number of hydrogen-bond acceptors (Lipinski definition) is 5. The van der Waals surface area contributed by atoms with Gasteiger partial charge in [-0.25, -0.2) is 13.3 Å². The number of rotatable bonds is 5. The van der Waals surface area contributed by atoms with Gasteiger partial charge in [0.05, 0.1) is 28.6 Å². The zero-order chi connectivity index (χ0) is 22.9. The van der Waals surface area contributed by atoms with E-state index >= 15 is 0 Å². The molecule has 1 aliphatic carbocycles. The van der Waals surface area contributed by atoms with Crippen molar-refractivity contribution in [2.75, 3.05) is 4.90 Å². The van der Waals surface area contributed by atoms with Crippen LogP contribution in [0.1, 0.15) is 44.1 Å². The first-order valence-electron chi connectivity index (χ1n) is 10.5. The molecule has 0 N–H and O–H groups in total. The van der Waals surface area contributed by atoms with Crippen molar-refractivity contribution in [3.05, 3.63) is 59.1 Å². The van der Waals surface area contributed by atoms with E-state index in [4.69, 9.17) is 16.9 Å². The molecule has 1 unspecified atom stereocenters. The monoisotopic (exact) mass is 471 g/mol. The summed E-state index contributed by atoms with van der Waals surface area (Å²) in [6, 6.07) is 12.5. The first-order chi connectivity index (χ1) is 15.3. The minimum Gasteiger partial charge on any atom is -0.274 e. The number of nitriles is 1. The second kappa shape index (κ2) is 9.02. The van der Waals surface area contributed by atoms with Crippen LogP contribution >= 0.6 is 11.6 Å². The van der Waals surface area contributed by atoms with Crippen LogP contribution in [0.25, 0.3) is 0 Å². The van der Waals surface area contributed by atoms with Gasteiger partial charge in [0.2, 0.25) is 15.9 Å². The molecule has 2 amide bonds. The number of halogens is 1. The number of anilines is 1. The average molecular weight is 472 g/mol. The molecule has 0 spiro atoms. The standard InChI is InChI=1S/C23H22ClN3O4S/c24-17-8-12-20(13-9-17)32(30,31)27(19-4-2-1-3-5-19)21-14-22(28)26(23(21)29)18-10-6-16(15-25)7-11-18/h6-13,19,21H,1-5,14H2. The number of hydrogen-bond donors (Lipinski definition) is 0. The Balaban J connectivity index is 1.72. The van der Waals surface area contributed by atoms with Gasteiger partial charge >= 0.3 is 0 Å². The molecule has 7 nitrogen and oxygen atoms in total. The Kier molecular flexibility index (Phi) is 6.33. The van der Waals surface area contributed by atoms with E-state index in [0.717, 1.165) is 24.2 Å². The minimum absolute atomic E-state index is 0.0459. The number of carbonyl (C=O) groups excluding carboxylic acids is 2. The van der Waals surface area contributed by atoms with Gasteiger partial charge in [-0.1, -0.05) is 30.9 Å². The van der Waals surface area contributed by atoms with Crippen LogP contribution in [0.4, 0.5) is 5.69 Å². The van der Waals surface area contributed by atoms with Gasteiger partial charge in [0.15, 0.2) is 0 Å². The second-order valence-corrected chi connectivity index (χ2v) is 10.3. The van der Waals surface area contributed by atoms with Crippen LogP contribution in [0, 0.1) is 11.3 Å². The molecular weight excluding hydrogens is 450 g/mol. The molecule has 4 rings (SSSR count). The molecule has 2 aromatic rings. The summed E-state index contributed by atoms with van der Waals surface area (Å²) < 4.78 is 28.6. The third-order valence-electron chi connectivity index (χ3n) is 6.01. The van der Waals surface area contributed by atoms with E-state index in [-0.39, 0.29) is 17.4 Å². The number of carbonyl (C=O) groups is 2. The van der Waals surface area contributed by atoms with Crippen LogP contribution in [-0.2, 0) is 19.6 Å². The van der Waals surface area contributed by atoms with Gasteiger partial charge in [0, 0.05) is 11.1 Å². The topological polar surface area (TPSA) is 98.5 Å². The van der Waals surface area contributed by atoms with Crippen LogP contribution in [0.15, 0.2) is 53.4 Å². The van der Waals surface area contributed by atoms with E-state index in [1.807, 2.05) is 6.07 Å². The molecule has 2 aliphatic rings. The third kappa shape index (κ3) is 4.16. The molecule has 1 heterocycles. The summed E-state index contributed by atoms with van der Waals surface area (Å²) in [7, 11) is -4.04. The van der Waals surface area contributed by atoms with Crippen molar-refractivity contribution in [2.24, 2.45) is 0 Å². The average Bonchev–Trinajstić information content (AvgIpc) is 3.08. The van der Waals surface area contributed by atoms with E-state index in [9.17, 15) is 18.0 Å². The lowest BCUT2D eigenvalue weighted by molar-refractivity contribution is -0.122. The number of benzene rings is 2. The molecular formula is C23H22ClN3O4S. The Morgan fingerprint density at radius 2 is 1.59 bits per heavy atom. The van der Waals surface area contributed by atoms with E-state index < -0.39 is 27.9 Å². The molecule has 0 aromatic heterocycles. The van der Waals surface area contributed by atoms with Crippen molar-refractivity contribution in [3.8, 4) is 6.07 Å². The number of amides is 2. The maximum absolute atomic E-state index is 13.7. The highest BCUT2D eigenvalue weighted by Crippen LogP contribution is 2.35. The molecule has 32 heavy (non-hydrogen) atoms. The van der Waals surface area contributed by atoms with Crippen LogP contribution in [0.5, 0.6) is 0 Å². The first kappa shape index (κ1) is 22.5. The van der Waals surface area contributed by atoms with Gasteiger partial charge in [0.25, 0.3) is 5.91 Å². The molecule has 1 saturated carbocycles. The molecule has 2 aromatic carbocycles. The van der Waals surface area contributed by atoms with Crippen molar-refractivity contribution >= 4 is 39.1 Å².